The van der Waals surface area contributed by atoms with E-state index in [1.807, 2.05) is 84.9 Å². The Labute approximate surface area is 271 Å². The lowest BCUT2D eigenvalue weighted by Gasteiger charge is -2.31. The van der Waals surface area contributed by atoms with Crippen LogP contribution in [-0.4, -0.2) is 71.6 Å². The predicted molar refractivity (Wildman–Crippen MR) is 178 cm³/mol. The Morgan fingerprint density at radius 3 is 2.13 bits per heavy atom. The van der Waals surface area contributed by atoms with Gasteiger partial charge in [0, 0.05) is 26.1 Å². The molecule has 0 saturated carbocycles. The number of nitrogens with zero attached hydrogens (tertiary/aromatic N) is 2. The second-order valence-electron chi connectivity index (χ2n) is 12.3. The minimum Gasteiger partial charge on any atom is -0.497 e. The average molecular weight is 628 g/mol. The Kier molecular flexibility index (Phi) is 11.8. The lowest BCUT2D eigenvalue weighted by molar-refractivity contribution is -0.126. The molecule has 10 heteroatoms. The third kappa shape index (κ3) is 9.57. The van der Waals surface area contributed by atoms with Gasteiger partial charge in [0.15, 0.2) is 0 Å². The molecule has 0 aliphatic carbocycles. The van der Waals surface area contributed by atoms with E-state index in [9.17, 15) is 14.4 Å². The maximum absolute atomic E-state index is 14.2. The van der Waals surface area contributed by atoms with Crippen molar-refractivity contribution in [1.29, 1.82) is 5.41 Å². The zero-order chi connectivity index (χ0) is 33.1. The number of amides is 4. The van der Waals surface area contributed by atoms with Crippen molar-refractivity contribution in [3.05, 3.63) is 102 Å². The normalized spacial score (nSPS) is 15.4. The molecule has 0 unspecified atom stereocenters. The molecule has 4 amide bonds. The van der Waals surface area contributed by atoms with Crippen molar-refractivity contribution < 1.29 is 23.9 Å². The summed E-state index contributed by atoms with van der Waals surface area (Å²) in [6.45, 7) is 6.24. The number of carbonyl (C=O) groups excluding carboxylic acids is 3. The molecule has 0 bridgehead atoms. The molecule has 4 rings (SSSR count). The van der Waals surface area contributed by atoms with E-state index in [1.165, 1.54) is 4.90 Å². The summed E-state index contributed by atoms with van der Waals surface area (Å²) in [7, 11) is 1.61. The molecule has 1 saturated heterocycles. The van der Waals surface area contributed by atoms with Crippen LogP contribution in [0.25, 0.3) is 0 Å². The summed E-state index contributed by atoms with van der Waals surface area (Å²) in [6.07, 6.45) is 1.09. The molecule has 1 aliphatic heterocycles. The van der Waals surface area contributed by atoms with E-state index in [2.05, 4.69) is 10.6 Å². The number of alkyl carbamates (subject to hydrolysis) is 1. The second-order valence-corrected chi connectivity index (χ2v) is 12.3. The van der Waals surface area contributed by atoms with Gasteiger partial charge in [0.2, 0.25) is 5.91 Å². The van der Waals surface area contributed by atoms with Crippen LogP contribution in [-0.2, 0) is 28.9 Å². The average Bonchev–Trinajstić information content (AvgIpc) is 3.26. The molecule has 46 heavy (non-hydrogen) atoms. The van der Waals surface area contributed by atoms with Crippen molar-refractivity contribution in [2.75, 3.05) is 20.2 Å². The summed E-state index contributed by atoms with van der Waals surface area (Å²) in [5.41, 5.74) is 2.27. The predicted octanol–water partition coefficient (Wildman–Crippen LogP) is 5.55. The van der Waals surface area contributed by atoms with Gasteiger partial charge in [0.05, 0.1) is 13.2 Å². The Hall–Kier alpha value is -4.86. The monoisotopic (exact) mass is 627 g/mol. The van der Waals surface area contributed by atoms with Crippen LogP contribution in [0, 0.1) is 5.41 Å². The molecule has 2 atom stereocenters. The van der Waals surface area contributed by atoms with E-state index >= 15 is 0 Å². The molecule has 0 radical (unpaired) electrons. The molecule has 3 N–H and O–H groups in total. The van der Waals surface area contributed by atoms with Gasteiger partial charge in [-0.3, -0.25) is 15.1 Å². The maximum atomic E-state index is 14.2. The SMILES string of the molecule is COc1ccc(CCN2C(=N)[C@@H](Cc3ccccc3)N([C@@H](CCCNC(=O)OC(C)(C)C)C(=O)NCc3ccccc3)C2=O)cc1. The summed E-state index contributed by atoms with van der Waals surface area (Å²) < 4.78 is 10.6. The first-order chi connectivity index (χ1) is 22.1. The fourth-order valence-electron chi connectivity index (χ4n) is 5.42. The van der Waals surface area contributed by atoms with Gasteiger partial charge in [0.1, 0.15) is 23.2 Å². The number of carbonyl (C=O) groups is 3. The molecule has 1 heterocycles. The van der Waals surface area contributed by atoms with Gasteiger partial charge in [-0.05, 0) is 68.9 Å². The number of amidine groups is 1. The molecule has 1 aliphatic rings. The fourth-order valence-corrected chi connectivity index (χ4v) is 5.42. The van der Waals surface area contributed by atoms with E-state index in [1.54, 1.807) is 32.8 Å². The van der Waals surface area contributed by atoms with E-state index in [4.69, 9.17) is 14.9 Å². The van der Waals surface area contributed by atoms with Gasteiger partial charge in [0.25, 0.3) is 0 Å². The van der Waals surface area contributed by atoms with Crippen molar-refractivity contribution in [2.24, 2.45) is 0 Å². The Morgan fingerprint density at radius 2 is 1.52 bits per heavy atom. The van der Waals surface area contributed by atoms with Crippen LogP contribution >= 0.6 is 0 Å². The quantitative estimate of drug-likeness (QED) is 0.202. The van der Waals surface area contributed by atoms with Crippen molar-refractivity contribution in [1.82, 2.24) is 20.4 Å². The van der Waals surface area contributed by atoms with E-state index in [0.29, 0.717) is 32.4 Å². The Morgan fingerprint density at radius 1 is 0.891 bits per heavy atom. The first kappa shape index (κ1) is 34.0. The zero-order valence-corrected chi connectivity index (χ0v) is 27.1. The molecule has 0 aromatic heterocycles. The van der Waals surface area contributed by atoms with Gasteiger partial charge in [-0.1, -0.05) is 72.8 Å². The Bertz CT molecular complexity index is 1460. The third-order valence-corrected chi connectivity index (χ3v) is 7.72. The highest BCUT2D eigenvalue weighted by Gasteiger charge is 2.47. The number of urea groups is 1. The van der Waals surface area contributed by atoms with Crippen LogP contribution < -0.4 is 15.4 Å². The molecule has 1 fully saturated rings. The summed E-state index contributed by atoms with van der Waals surface area (Å²) >= 11 is 0. The topological polar surface area (TPSA) is 124 Å². The van der Waals surface area contributed by atoms with Gasteiger partial charge in [-0.25, -0.2) is 9.59 Å². The van der Waals surface area contributed by atoms with E-state index in [-0.39, 0.29) is 30.7 Å². The number of rotatable bonds is 14. The van der Waals surface area contributed by atoms with Crippen molar-refractivity contribution in [2.45, 2.75) is 70.7 Å². The highest BCUT2D eigenvalue weighted by Crippen LogP contribution is 2.27. The van der Waals surface area contributed by atoms with Gasteiger partial charge < -0.3 is 25.0 Å². The molecule has 0 spiro atoms. The van der Waals surface area contributed by atoms with Crippen LogP contribution in [0.15, 0.2) is 84.9 Å². The molecular formula is C36H45N5O5. The van der Waals surface area contributed by atoms with Gasteiger partial charge in [-0.2, -0.15) is 0 Å². The lowest BCUT2D eigenvalue weighted by Crippen LogP contribution is -2.52. The maximum Gasteiger partial charge on any atom is 0.407 e. The molecular weight excluding hydrogens is 582 g/mol. The molecule has 244 valence electrons. The highest BCUT2D eigenvalue weighted by molar-refractivity contribution is 6.07. The number of nitrogens with one attached hydrogen (secondary N) is 3. The minimum atomic E-state index is -0.864. The smallest absolute Gasteiger partial charge is 0.407 e. The van der Waals surface area contributed by atoms with Crippen LogP contribution in [0.3, 0.4) is 0 Å². The standard InChI is InChI=1S/C36H45N5O5/c1-36(2,3)46-34(43)38-22-11-16-30(33(42)39-25-28-14-9-6-10-15-28)41-31(24-27-12-7-5-8-13-27)32(37)40(35(41)44)23-21-26-17-19-29(45-4)20-18-26/h5-10,12-15,17-20,30-31,37H,11,16,21-25H2,1-4H3,(H,38,43)(H,39,42)/t30-,31+/m0/s1. The molecule has 3 aromatic carbocycles. The van der Waals surface area contributed by atoms with Crippen LogP contribution in [0.2, 0.25) is 0 Å². The third-order valence-electron chi connectivity index (χ3n) is 7.72. The number of hydrogen-bond acceptors (Lipinski definition) is 6. The summed E-state index contributed by atoms with van der Waals surface area (Å²) in [5, 5.41) is 14.9. The van der Waals surface area contributed by atoms with Gasteiger partial charge in [-0.15, -0.1) is 0 Å². The molecule has 3 aromatic rings. The number of ether oxygens (including phenoxy) is 2. The van der Waals surface area contributed by atoms with Crippen molar-refractivity contribution in [3.63, 3.8) is 0 Å². The number of hydrogen-bond donors (Lipinski definition) is 3. The van der Waals surface area contributed by atoms with Crippen LogP contribution in [0.4, 0.5) is 9.59 Å². The summed E-state index contributed by atoms with van der Waals surface area (Å²) in [4.78, 5) is 43.4. The largest absolute Gasteiger partial charge is 0.497 e. The van der Waals surface area contributed by atoms with E-state index in [0.717, 1.165) is 22.4 Å². The number of benzene rings is 3. The van der Waals surface area contributed by atoms with Crippen molar-refractivity contribution in [3.8, 4) is 5.75 Å². The summed E-state index contributed by atoms with van der Waals surface area (Å²) in [5.74, 6) is 0.598. The minimum absolute atomic E-state index is 0.162. The second kappa shape index (κ2) is 15.9. The zero-order valence-electron chi connectivity index (χ0n) is 27.1. The first-order valence-electron chi connectivity index (χ1n) is 15.7. The van der Waals surface area contributed by atoms with Crippen LogP contribution in [0.5, 0.6) is 5.75 Å². The van der Waals surface area contributed by atoms with Crippen molar-refractivity contribution >= 4 is 23.9 Å². The molecule has 10 nitrogen and oxygen atoms in total. The Balaban J connectivity index is 1.56. The van der Waals surface area contributed by atoms with Gasteiger partial charge >= 0.3 is 12.1 Å². The fraction of sp³-hybridized carbons (Fsp3) is 0.389. The lowest BCUT2D eigenvalue weighted by atomic mass is 10.0. The number of methoxy groups -OCH3 is 1. The highest BCUT2D eigenvalue weighted by atomic mass is 16.6. The van der Waals surface area contributed by atoms with Crippen LogP contribution in [0.1, 0.15) is 50.3 Å². The van der Waals surface area contributed by atoms with E-state index < -0.39 is 23.8 Å². The first-order valence-corrected chi connectivity index (χ1v) is 15.7. The summed E-state index contributed by atoms with van der Waals surface area (Å²) in [6, 6.07) is 25.0.